The van der Waals surface area contributed by atoms with Gasteiger partial charge in [0, 0.05) is 18.0 Å². The molecular formula is C14H23NOS. The predicted octanol–water partition coefficient (Wildman–Crippen LogP) is 3.21. The lowest BCUT2D eigenvalue weighted by molar-refractivity contribution is -0.0657. The average Bonchev–Trinajstić information content (AvgIpc) is 2.83. The van der Waals surface area contributed by atoms with E-state index in [0.717, 1.165) is 25.2 Å². The second-order valence-corrected chi connectivity index (χ2v) is 6.37. The van der Waals surface area contributed by atoms with Gasteiger partial charge in [-0.2, -0.15) is 0 Å². The van der Waals surface area contributed by atoms with Crippen molar-refractivity contribution in [1.82, 2.24) is 0 Å². The molecule has 2 N–H and O–H groups in total. The molecule has 1 aromatic heterocycles. The molecule has 96 valence electrons. The Labute approximate surface area is 108 Å². The summed E-state index contributed by atoms with van der Waals surface area (Å²) in [5.41, 5.74) is 6.33. The first-order valence-electron chi connectivity index (χ1n) is 6.49. The Hall–Kier alpha value is -0.380. The third kappa shape index (κ3) is 2.90. The van der Waals surface area contributed by atoms with Gasteiger partial charge < -0.3 is 10.5 Å². The molecule has 3 heteroatoms. The first-order valence-corrected chi connectivity index (χ1v) is 7.37. The summed E-state index contributed by atoms with van der Waals surface area (Å²) in [5, 5.41) is 2.12. The van der Waals surface area contributed by atoms with Crippen LogP contribution in [0.15, 0.2) is 17.5 Å². The van der Waals surface area contributed by atoms with Crippen LogP contribution in [0.1, 0.15) is 37.5 Å². The monoisotopic (exact) mass is 253 g/mol. The molecule has 2 rings (SSSR count). The molecule has 0 bridgehead atoms. The van der Waals surface area contributed by atoms with E-state index >= 15 is 0 Å². The van der Waals surface area contributed by atoms with Crippen LogP contribution in [0, 0.1) is 5.92 Å². The summed E-state index contributed by atoms with van der Waals surface area (Å²) in [4.78, 5) is 1.37. The van der Waals surface area contributed by atoms with Crippen LogP contribution in [0.2, 0.25) is 0 Å². The van der Waals surface area contributed by atoms with E-state index in [1.54, 1.807) is 11.3 Å². The van der Waals surface area contributed by atoms with Crippen molar-refractivity contribution in [3.63, 3.8) is 0 Å². The highest BCUT2D eigenvalue weighted by Crippen LogP contribution is 2.37. The molecule has 2 nitrogen and oxygen atoms in total. The van der Waals surface area contributed by atoms with Crippen molar-refractivity contribution in [3.8, 4) is 0 Å². The van der Waals surface area contributed by atoms with Crippen LogP contribution in [-0.2, 0) is 11.2 Å². The first kappa shape index (κ1) is 13.1. The topological polar surface area (TPSA) is 35.2 Å². The highest BCUT2D eigenvalue weighted by Gasteiger charge is 2.39. The standard InChI is InChI=1S/C14H23NOS/c1-11-5-7-14(16-2,8-6-11)13(15)10-12-4-3-9-17-12/h3-4,9,11,13H,5-8,10,15H2,1-2H3. The van der Waals surface area contributed by atoms with Gasteiger partial charge in [0.25, 0.3) is 0 Å². The third-order valence-electron chi connectivity index (χ3n) is 4.20. The van der Waals surface area contributed by atoms with Crippen LogP contribution in [0.3, 0.4) is 0 Å². The van der Waals surface area contributed by atoms with Crippen LogP contribution in [0.4, 0.5) is 0 Å². The average molecular weight is 253 g/mol. The molecule has 1 aromatic rings. The van der Waals surface area contributed by atoms with E-state index in [1.807, 2.05) is 7.11 Å². The predicted molar refractivity (Wildman–Crippen MR) is 73.4 cm³/mol. The number of thiophene rings is 1. The Bertz CT molecular complexity index is 328. The Kier molecular flexibility index (Phi) is 4.23. The third-order valence-corrected chi connectivity index (χ3v) is 5.10. The summed E-state index contributed by atoms with van der Waals surface area (Å²) >= 11 is 1.79. The van der Waals surface area contributed by atoms with Crippen molar-refractivity contribution in [1.29, 1.82) is 0 Å². The maximum absolute atomic E-state index is 6.41. The van der Waals surface area contributed by atoms with Gasteiger partial charge in [0.05, 0.1) is 5.60 Å². The van der Waals surface area contributed by atoms with Crippen molar-refractivity contribution in [2.24, 2.45) is 11.7 Å². The maximum Gasteiger partial charge on any atom is 0.0832 e. The Balaban J connectivity index is 2.02. The SMILES string of the molecule is COC1(C(N)Cc2cccs2)CCC(C)CC1. The largest absolute Gasteiger partial charge is 0.377 e. The van der Waals surface area contributed by atoms with Crippen LogP contribution >= 0.6 is 11.3 Å². The Morgan fingerprint density at radius 1 is 1.53 bits per heavy atom. The lowest BCUT2D eigenvalue weighted by Gasteiger charge is -2.42. The van der Waals surface area contributed by atoms with Crippen LogP contribution in [-0.4, -0.2) is 18.8 Å². The molecule has 1 aliphatic carbocycles. The van der Waals surface area contributed by atoms with Crippen LogP contribution in [0.5, 0.6) is 0 Å². The molecule has 0 amide bonds. The van der Waals surface area contributed by atoms with Gasteiger partial charge in [-0.15, -0.1) is 11.3 Å². The van der Waals surface area contributed by atoms with E-state index in [2.05, 4.69) is 24.4 Å². The van der Waals surface area contributed by atoms with E-state index in [4.69, 9.17) is 10.5 Å². The van der Waals surface area contributed by atoms with Crippen LogP contribution < -0.4 is 5.73 Å². The molecule has 1 fully saturated rings. The fourth-order valence-corrected chi connectivity index (χ4v) is 3.57. The van der Waals surface area contributed by atoms with Crippen molar-refractivity contribution in [2.75, 3.05) is 7.11 Å². The fraction of sp³-hybridized carbons (Fsp3) is 0.714. The summed E-state index contributed by atoms with van der Waals surface area (Å²) in [7, 11) is 1.82. The number of rotatable bonds is 4. The number of hydrogen-bond acceptors (Lipinski definition) is 3. The van der Waals surface area contributed by atoms with Gasteiger partial charge in [0.15, 0.2) is 0 Å². The van der Waals surface area contributed by atoms with E-state index in [1.165, 1.54) is 17.7 Å². The number of hydrogen-bond donors (Lipinski definition) is 1. The van der Waals surface area contributed by atoms with Gasteiger partial charge in [-0.1, -0.05) is 13.0 Å². The van der Waals surface area contributed by atoms with E-state index in [0.29, 0.717) is 0 Å². The molecular weight excluding hydrogens is 230 g/mol. The fourth-order valence-electron chi connectivity index (χ4n) is 2.81. The summed E-state index contributed by atoms with van der Waals surface area (Å²) < 4.78 is 5.82. The molecule has 1 unspecified atom stereocenters. The molecule has 1 atom stereocenters. The highest BCUT2D eigenvalue weighted by atomic mass is 32.1. The van der Waals surface area contributed by atoms with Gasteiger partial charge in [-0.05, 0) is 49.5 Å². The molecule has 0 spiro atoms. The number of ether oxygens (including phenoxy) is 1. The Morgan fingerprint density at radius 2 is 2.24 bits per heavy atom. The summed E-state index contributed by atoms with van der Waals surface area (Å²) in [5.74, 6) is 0.826. The van der Waals surface area contributed by atoms with Gasteiger partial charge >= 0.3 is 0 Å². The molecule has 0 aromatic carbocycles. The van der Waals surface area contributed by atoms with Crippen molar-refractivity contribution < 1.29 is 4.74 Å². The maximum atomic E-state index is 6.41. The summed E-state index contributed by atoms with van der Waals surface area (Å²) in [6.07, 6.45) is 5.65. The molecule has 17 heavy (non-hydrogen) atoms. The smallest absolute Gasteiger partial charge is 0.0832 e. The number of methoxy groups -OCH3 is 1. The minimum atomic E-state index is -0.0868. The molecule has 1 aliphatic rings. The quantitative estimate of drug-likeness (QED) is 0.894. The lowest BCUT2D eigenvalue weighted by Crippen LogP contribution is -2.52. The summed E-state index contributed by atoms with van der Waals surface area (Å²) in [6, 6.07) is 4.38. The zero-order chi connectivity index (χ0) is 12.3. The molecule has 0 aliphatic heterocycles. The molecule has 0 saturated heterocycles. The van der Waals surface area contributed by atoms with Crippen molar-refractivity contribution >= 4 is 11.3 Å². The highest BCUT2D eigenvalue weighted by molar-refractivity contribution is 7.09. The Morgan fingerprint density at radius 3 is 2.76 bits per heavy atom. The zero-order valence-electron chi connectivity index (χ0n) is 10.8. The van der Waals surface area contributed by atoms with E-state index in [-0.39, 0.29) is 11.6 Å². The molecule has 1 saturated carbocycles. The number of nitrogens with two attached hydrogens (primary N) is 1. The van der Waals surface area contributed by atoms with E-state index < -0.39 is 0 Å². The van der Waals surface area contributed by atoms with Gasteiger partial charge in [-0.3, -0.25) is 0 Å². The second kappa shape index (κ2) is 5.51. The zero-order valence-corrected chi connectivity index (χ0v) is 11.6. The van der Waals surface area contributed by atoms with E-state index in [9.17, 15) is 0 Å². The van der Waals surface area contributed by atoms with Gasteiger partial charge in [0.2, 0.25) is 0 Å². The van der Waals surface area contributed by atoms with Crippen molar-refractivity contribution in [3.05, 3.63) is 22.4 Å². The second-order valence-electron chi connectivity index (χ2n) is 5.34. The minimum Gasteiger partial charge on any atom is -0.377 e. The normalized spacial score (nSPS) is 31.4. The summed E-state index contributed by atoms with van der Waals surface area (Å²) in [6.45, 7) is 2.32. The lowest BCUT2D eigenvalue weighted by atomic mass is 9.74. The first-order chi connectivity index (χ1) is 8.16. The minimum absolute atomic E-state index is 0.0868. The van der Waals surface area contributed by atoms with Gasteiger partial charge in [-0.25, -0.2) is 0 Å². The molecule has 0 radical (unpaired) electrons. The molecule has 1 heterocycles. The van der Waals surface area contributed by atoms with Crippen LogP contribution in [0.25, 0.3) is 0 Å². The van der Waals surface area contributed by atoms with Crippen molar-refractivity contribution in [2.45, 2.75) is 50.7 Å². The van der Waals surface area contributed by atoms with Gasteiger partial charge in [0.1, 0.15) is 0 Å².